The summed E-state index contributed by atoms with van der Waals surface area (Å²) in [5, 5.41) is 0. The van der Waals surface area contributed by atoms with Crippen LogP contribution in [0.1, 0.15) is 34.6 Å². The Morgan fingerprint density at radius 2 is 1.13 bits per heavy atom. The zero-order valence-electron chi connectivity index (χ0n) is 26.9. The van der Waals surface area contributed by atoms with Gasteiger partial charge in [-0.2, -0.15) is 0 Å². The molecular weight excluding hydrogens is 756 g/mol. The number of hydrogen-bond donors (Lipinski definition) is 1. The fourth-order valence-electron chi connectivity index (χ4n) is 4.25. The molecule has 0 aliphatic carbocycles. The third-order valence-electron chi connectivity index (χ3n) is 6.66. The molecular formula is C32H26F8N2O8S2. The molecule has 20 heteroatoms. The van der Waals surface area contributed by atoms with Gasteiger partial charge in [0.2, 0.25) is 0 Å². The standard InChI is InChI=1S/C18H17F4NO5S.C14H9F4NO3S/c1-11(24)17-14(21)5-6-15(18(17)22)23(10-28-8-7-27-2)29(25,26)16-9-12(19)3-4-13(16)20;1-7(20)13-10(17)4-5-11(14(13)18)19-23(21,22)12-6-8(15)2-3-9(12)16/h3-6,9H,7-8,10H2,1-2H3;2-6,19H,1H3. The van der Waals surface area contributed by atoms with E-state index >= 15 is 0 Å². The number of benzene rings is 4. The SMILES string of the molecule is CC(=O)c1c(F)ccc(NS(=O)(=O)c2cc(F)ccc2F)c1F.COCCOCN(c1ccc(F)c(C(C)=O)c1F)S(=O)(=O)c1cc(F)ccc1F. The van der Waals surface area contributed by atoms with E-state index in [-0.39, 0.29) is 17.5 Å². The second-order valence-corrected chi connectivity index (χ2v) is 13.8. The van der Waals surface area contributed by atoms with Crippen LogP contribution in [-0.4, -0.2) is 55.5 Å². The first-order valence-electron chi connectivity index (χ1n) is 14.2. The van der Waals surface area contributed by atoms with Crippen molar-refractivity contribution in [2.24, 2.45) is 0 Å². The van der Waals surface area contributed by atoms with Crippen LogP contribution < -0.4 is 9.03 Å². The normalized spacial score (nSPS) is 11.4. The van der Waals surface area contributed by atoms with E-state index in [1.165, 1.54) is 7.11 Å². The number of nitrogens with zero attached hydrogens (tertiary/aromatic N) is 1. The third kappa shape index (κ3) is 9.49. The van der Waals surface area contributed by atoms with Gasteiger partial charge >= 0.3 is 0 Å². The molecule has 52 heavy (non-hydrogen) atoms. The highest BCUT2D eigenvalue weighted by Gasteiger charge is 2.33. The lowest BCUT2D eigenvalue weighted by Gasteiger charge is -2.25. The van der Waals surface area contributed by atoms with E-state index in [9.17, 15) is 61.5 Å². The minimum absolute atomic E-state index is 0.0623. The van der Waals surface area contributed by atoms with Crippen molar-refractivity contribution in [1.29, 1.82) is 0 Å². The number of hydrogen-bond acceptors (Lipinski definition) is 8. The first-order valence-corrected chi connectivity index (χ1v) is 17.2. The van der Waals surface area contributed by atoms with Gasteiger partial charge < -0.3 is 9.47 Å². The number of halogens is 8. The summed E-state index contributed by atoms with van der Waals surface area (Å²) < 4.78 is 172. The van der Waals surface area contributed by atoms with Gasteiger partial charge in [0.05, 0.1) is 35.7 Å². The Labute approximate surface area is 291 Å². The molecule has 0 unspecified atom stereocenters. The van der Waals surface area contributed by atoms with Gasteiger partial charge in [0.15, 0.2) is 23.2 Å². The van der Waals surface area contributed by atoms with Crippen molar-refractivity contribution in [2.45, 2.75) is 23.6 Å². The molecule has 0 bridgehead atoms. The fraction of sp³-hybridized carbons (Fsp3) is 0.188. The molecule has 0 aromatic heterocycles. The first-order chi connectivity index (χ1) is 24.2. The molecule has 0 aliphatic heterocycles. The summed E-state index contributed by atoms with van der Waals surface area (Å²) in [6.45, 7) is 0.905. The van der Waals surface area contributed by atoms with E-state index in [0.717, 1.165) is 26.0 Å². The Hall–Kier alpha value is -4.92. The van der Waals surface area contributed by atoms with Gasteiger partial charge in [0, 0.05) is 7.11 Å². The Balaban J connectivity index is 0.000000288. The van der Waals surface area contributed by atoms with Gasteiger partial charge in [-0.1, -0.05) is 0 Å². The lowest BCUT2D eigenvalue weighted by atomic mass is 10.1. The minimum atomic E-state index is -4.89. The van der Waals surface area contributed by atoms with Crippen LogP contribution in [0.4, 0.5) is 46.5 Å². The summed E-state index contributed by atoms with van der Waals surface area (Å²) >= 11 is 0. The second-order valence-electron chi connectivity index (χ2n) is 10.3. The van der Waals surface area contributed by atoms with Crippen molar-refractivity contribution < 1.29 is 71.0 Å². The molecule has 1 N–H and O–H groups in total. The molecule has 0 amide bonds. The van der Waals surface area contributed by atoms with Gasteiger partial charge in [-0.05, 0) is 74.5 Å². The molecule has 0 heterocycles. The zero-order chi connectivity index (χ0) is 39.1. The molecule has 4 rings (SSSR count). The van der Waals surface area contributed by atoms with Gasteiger partial charge in [-0.15, -0.1) is 0 Å². The number of carbonyl (C=O) groups excluding carboxylic acids is 2. The number of sulfonamides is 2. The van der Waals surface area contributed by atoms with E-state index in [1.54, 1.807) is 4.72 Å². The molecule has 0 atom stereocenters. The topological polar surface area (TPSA) is 136 Å². The molecule has 10 nitrogen and oxygen atoms in total. The van der Waals surface area contributed by atoms with Crippen LogP contribution >= 0.6 is 0 Å². The van der Waals surface area contributed by atoms with Crippen LogP contribution in [0, 0.1) is 46.5 Å². The largest absolute Gasteiger partial charge is 0.382 e. The van der Waals surface area contributed by atoms with Gasteiger partial charge in [0.25, 0.3) is 20.0 Å². The average molecular weight is 783 g/mol. The Morgan fingerprint density at radius 3 is 1.67 bits per heavy atom. The van der Waals surface area contributed by atoms with Crippen molar-refractivity contribution >= 4 is 43.0 Å². The van der Waals surface area contributed by atoms with E-state index in [1.807, 2.05) is 0 Å². The minimum Gasteiger partial charge on any atom is -0.382 e. The highest BCUT2D eigenvalue weighted by Crippen LogP contribution is 2.31. The molecule has 4 aromatic carbocycles. The highest BCUT2D eigenvalue weighted by atomic mass is 32.2. The summed E-state index contributed by atoms with van der Waals surface area (Å²) in [5.41, 5.74) is -3.44. The average Bonchev–Trinajstić information content (AvgIpc) is 3.05. The van der Waals surface area contributed by atoms with Crippen LogP contribution in [0.3, 0.4) is 0 Å². The first kappa shape index (κ1) is 41.5. The summed E-state index contributed by atoms with van der Waals surface area (Å²) in [6.07, 6.45) is 0. The Bertz CT molecular complexity index is 2220. The monoisotopic (exact) mass is 782 g/mol. The molecule has 0 aliphatic rings. The summed E-state index contributed by atoms with van der Waals surface area (Å²) in [6, 6.07) is 6.28. The summed E-state index contributed by atoms with van der Waals surface area (Å²) in [4.78, 5) is 20.6. The molecule has 0 radical (unpaired) electrons. The Morgan fingerprint density at radius 1 is 0.654 bits per heavy atom. The molecule has 4 aromatic rings. The van der Waals surface area contributed by atoms with Gasteiger partial charge in [0.1, 0.15) is 51.4 Å². The van der Waals surface area contributed by atoms with Crippen LogP contribution in [0.15, 0.2) is 70.5 Å². The summed E-state index contributed by atoms with van der Waals surface area (Å²) in [7, 11) is -8.22. The zero-order valence-corrected chi connectivity index (χ0v) is 28.6. The van der Waals surface area contributed by atoms with Gasteiger partial charge in [-0.3, -0.25) is 14.3 Å². The maximum absolute atomic E-state index is 14.8. The highest BCUT2D eigenvalue weighted by molar-refractivity contribution is 7.93. The number of rotatable bonds is 13. The van der Waals surface area contributed by atoms with Crippen molar-refractivity contribution in [2.75, 3.05) is 36.1 Å². The maximum atomic E-state index is 14.8. The quantitative estimate of drug-likeness (QED) is 0.0703. The number of methoxy groups -OCH3 is 1. The van der Waals surface area contributed by atoms with E-state index in [2.05, 4.69) is 0 Å². The van der Waals surface area contributed by atoms with E-state index in [4.69, 9.17) is 9.47 Å². The number of nitrogens with one attached hydrogen (secondary N) is 1. The summed E-state index contributed by atoms with van der Waals surface area (Å²) in [5.74, 6) is -11.9. The van der Waals surface area contributed by atoms with Crippen LogP contribution in [0.25, 0.3) is 0 Å². The number of carbonyl (C=O) groups is 2. The smallest absolute Gasteiger partial charge is 0.269 e. The lowest BCUT2D eigenvalue weighted by molar-refractivity contribution is 0.0754. The van der Waals surface area contributed by atoms with Crippen molar-refractivity contribution in [3.8, 4) is 0 Å². The second kappa shape index (κ2) is 17.1. The maximum Gasteiger partial charge on any atom is 0.269 e. The van der Waals surface area contributed by atoms with Crippen molar-refractivity contribution in [3.05, 3.63) is 118 Å². The molecule has 0 fully saturated rings. The predicted octanol–water partition coefficient (Wildman–Crippen LogP) is 6.51. The predicted molar refractivity (Wildman–Crippen MR) is 169 cm³/mol. The van der Waals surface area contributed by atoms with Crippen molar-refractivity contribution in [3.63, 3.8) is 0 Å². The van der Waals surface area contributed by atoms with E-state index in [0.29, 0.717) is 48.5 Å². The van der Waals surface area contributed by atoms with Gasteiger partial charge in [-0.25, -0.2) is 56.3 Å². The fourth-order valence-corrected chi connectivity index (χ4v) is 6.82. The van der Waals surface area contributed by atoms with Crippen LogP contribution in [0.2, 0.25) is 0 Å². The van der Waals surface area contributed by atoms with Crippen LogP contribution in [0.5, 0.6) is 0 Å². The number of Topliss-reactive ketones (excluding diaryl/α,β-unsaturated/α-hetero) is 2. The molecule has 0 saturated carbocycles. The Kier molecular flexibility index (Phi) is 13.6. The lowest BCUT2D eigenvalue weighted by Crippen LogP contribution is -2.35. The molecule has 280 valence electrons. The number of ketones is 2. The third-order valence-corrected chi connectivity index (χ3v) is 9.79. The van der Waals surface area contributed by atoms with Crippen molar-refractivity contribution in [1.82, 2.24) is 0 Å². The molecule has 0 saturated heterocycles. The molecule has 0 spiro atoms. The number of anilines is 2. The van der Waals surface area contributed by atoms with Crippen LogP contribution in [-0.2, 0) is 29.5 Å². The van der Waals surface area contributed by atoms with E-state index < -0.39 is 117 Å². The number of ether oxygens (including phenoxy) is 2.